The first-order chi connectivity index (χ1) is 15.9. The number of nitrogens with zero attached hydrogens (tertiary/aromatic N) is 3. The number of aromatic nitrogens is 2. The van der Waals surface area contributed by atoms with E-state index in [0.29, 0.717) is 35.4 Å². The second-order valence-corrected chi connectivity index (χ2v) is 9.94. The molecule has 0 saturated heterocycles. The van der Waals surface area contributed by atoms with Crippen LogP contribution in [0.15, 0.2) is 35.3 Å². The average Bonchev–Trinajstić information content (AvgIpc) is 3.45. The Kier molecular flexibility index (Phi) is 6.55. The molecule has 4 rings (SSSR count). The lowest BCUT2D eigenvalue weighted by Crippen LogP contribution is -2.37. The fraction of sp³-hybridized carbons (Fsp3) is 0.435. The van der Waals surface area contributed by atoms with E-state index in [-0.39, 0.29) is 0 Å². The summed E-state index contributed by atoms with van der Waals surface area (Å²) in [5, 5.41) is 8.86. The van der Waals surface area contributed by atoms with Crippen LogP contribution in [0.5, 0.6) is 5.75 Å². The Morgan fingerprint density at radius 2 is 2.09 bits per heavy atom. The number of imidazole rings is 1. The van der Waals surface area contributed by atoms with Gasteiger partial charge in [-0.1, -0.05) is 26.3 Å². The van der Waals surface area contributed by atoms with Gasteiger partial charge in [0.1, 0.15) is 23.9 Å². The highest BCUT2D eigenvalue weighted by Gasteiger charge is 2.32. The van der Waals surface area contributed by atoms with E-state index in [2.05, 4.69) is 16.6 Å². The highest BCUT2D eigenvalue weighted by Crippen LogP contribution is 2.37. The minimum atomic E-state index is -3.69. The maximum Gasteiger partial charge on any atom is 0.254 e. The number of hydrogen-bond acceptors (Lipinski definition) is 7. The predicted octanol–water partition coefficient (Wildman–Crippen LogP) is 3.58. The lowest BCUT2D eigenvalue weighted by molar-refractivity contribution is -0.109. The van der Waals surface area contributed by atoms with Crippen LogP contribution in [0, 0.1) is 6.92 Å². The van der Waals surface area contributed by atoms with E-state index in [9.17, 15) is 13.2 Å². The molecule has 2 heterocycles. The molecule has 1 aromatic carbocycles. The maximum absolute atomic E-state index is 12.0. The number of sulfonamides is 1. The smallest absolute Gasteiger partial charge is 0.254 e. The zero-order valence-corrected chi connectivity index (χ0v) is 19.7. The Labute approximate surface area is 194 Å². The summed E-state index contributed by atoms with van der Waals surface area (Å²) >= 11 is 0. The Balaban J connectivity index is 1.83. The molecule has 1 aromatic heterocycles. The van der Waals surface area contributed by atoms with Gasteiger partial charge in [0.15, 0.2) is 5.84 Å². The molecule has 176 valence electrons. The van der Waals surface area contributed by atoms with Crippen LogP contribution in [0.3, 0.4) is 0 Å². The second-order valence-electron chi connectivity index (χ2n) is 8.31. The fourth-order valence-electron chi connectivity index (χ4n) is 4.36. The van der Waals surface area contributed by atoms with E-state index in [1.807, 2.05) is 13.8 Å². The summed E-state index contributed by atoms with van der Waals surface area (Å²) in [5.74, 6) is 2.12. The Hall–Kier alpha value is -3.14. The molecule has 0 spiro atoms. The summed E-state index contributed by atoms with van der Waals surface area (Å²) < 4.78 is 34.2. The van der Waals surface area contributed by atoms with Crippen LogP contribution in [0.1, 0.15) is 73.8 Å². The van der Waals surface area contributed by atoms with Gasteiger partial charge in [0.2, 0.25) is 0 Å². The van der Waals surface area contributed by atoms with Gasteiger partial charge in [-0.2, -0.15) is 0 Å². The molecule has 33 heavy (non-hydrogen) atoms. The topological polar surface area (TPSA) is 115 Å². The van der Waals surface area contributed by atoms with Crippen molar-refractivity contribution in [1.29, 1.82) is 0 Å². The zero-order chi connectivity index (χ0) is 23.6. The van der Waals surface area contributed by atoms with Crippen LogP contribution in [-0.2, 0) is 14.8 Å². The molecule has 0 amide bonds. The van der Waals surface area contributed by atoms with Crippen LogP contribution < -0.4 is 14.8 Å². The number of benzene rings is 1. The Bertz CT molecular complexity index is 1200. The molecule has 1 saturated carbocycles. The third-order valence-corrected chi connectivity index (χ3v) is 6.88. The number of hydrogen-bond donors (Lipinski definition) is 2. The first kappa shape index (κ1) is 23.0. The number of amidine groups is 1. The summed E-state index contributed by atoms with van der Waals surface area (Å²) in [4.78, 5) is 16.8. The number of carbonyl (C=O) groups excluding carboxylic acids is 1. The van der Waals surface area contributed by atoms with Gasteiger partial charge < -0.3 is 14.8 Å². The van der Waals surface area contributed by atoms with Crippen molar-refractivity contribution in [1.82, 2.24) is 15.0 Å². The number of aldehydes is 1. The quantitative estimate of drug-likeness (QED) is 0.540. The second kappa shape index (κ2) is 9.38. The normalized spacial score (nSPS) is 18.2. The van der Waals surface area contributed by atoms with Crippen molar-refractivity contribution in [3.8, 4) is 5.75 Å². The molecule has 0 radical (unpaired) electrons. The molecule has 1 atom stereocenters. The Morgan fingerprint density at radius 3 is 2.76 bits per heavy atom. The molecule has 2 aromatic rings. The monoisotopic (exact) mass is 471 g/mol. The van der Waals surface area contributed by atoms with Gasteiger partial charge in [-0.15, -0.1) is 5.10 Å². The Morgan fingerprint density at radius 1 is 1.33 bits per heavy atom. The van der Waals surface area contributed by atoms with E-state index in [0.717, 1.165) is 61.0 Å². The highest BCUT2D eigenvalue weighted by atomic mass is 32.2. The molecule has 2 aliphatic rings. The van der Waals surface area contributed by atoms with Crippen LogP contribution in [0.2, 0.25) is 0 Å². The molecule has 0 bridgehead atoms. The molecule has 9 nitrogen and oxygen atoms in total. The van der Waals surface area contributed by atoms with Crippen molar-refractivity contribution < 1.29 is 17.9 Å². The summed E-state index contributed by atoms with van der Waals surface area (Å²) in [6.45, 7) is 7.71. The van der Waals surface area contributed by atoms with Crippen LogP contribution >= 0.6 is 0 Å². The molecular formula is C23H29N5O4S. The van der Waals surface area contributed by atoms with Crippen molar-refractivity contribution in [2.45, 2.75) is 57.9 Å². The zero-order valence-electron chi connectivity index (χ0n) is 18.9. The lowest BCUT2D eigenvalue weighted by atomic mass is 10.1. The van der Waals surface area contributed by atoms with Crippen LogP contribution in [-0.4, -0.2) is 36.8 Å². The van der Waals surface area contributed by atoms with Gasteiger partial charge in [-0.3, -0.25) is 4.72 Å². The first-order valence-electron chi connectivity index (χ1n) is 11.2. The van der Waals surface area contributed by atoms with Gasteiger partial charge >= 0.3 is 0 Å². The molecule has 1 aliphatic heterocycles. The summed E-state index contributed by atoms with van der Waals surface area (Å²) in [5.41, 5.74) is 2.40. The molecule has 1 unspecified atom stereocenters. The largest absolute Gasteiger partial charge is 0.493 e. The summed E-state index contributed by atoms with van der Waals surface area (Å²) in [6, 6.07) is 4.32. The standard InChI is InChI=1S/C23H29N5O4S/c1-4-12-32-20-11-10-17(27-33(30,31)5-2)13-18(20)22-25-19(14-29)21-15(3)24-23(28(21)26-22)16-8-6-7-9-16/h5,10-11,13-14,16,19,27H,2,4,6-9,12H2,1,3H3,(H,25,26). The van der Waals surface area contributed by atoms with Crippen molar-refractivity contribution in [3.05, 3.63) is 53.0 Å². The number of anilines is 1. The molecule has 2 N–H and O–H groups in total. The van der Waals surface area contributed by atoms with E-state index in [4.69, 9.17) is 14.8 Å². The SMILES string of the molecule is C=CS(=O)(=O)Nc1ccc(OCCC)c(C2=Nn3c(C4CCCC4)nc(C)c3C(C=O)N2)c1. The third-order valence-electron chi connectivity index (χ3n) is 5.92. The van der Waals surface area contributed by atoms with E-state index >= 15 is 0 Å². The number of rotatable bonds is 9. The van der Waals surface area contributed by atoms with Crippen molar-refractivity contribution in [2.75, 3.05) is 11.3 Å². The summed E-state index contributed by atoms with van der Waals surface area (Å²) in [6.07, 6.45) is 6.03. The van der Waals surface area contributed by atoms with Crippen LogP contribution in [0.25, 0.3) is 0 Å². The van der Waals surface area contributed by atoms with Gasteiger partial charge in [-0.25, -0.2) is 18.1 Å². The van der Waals surface area contributed by atoms with Gasteiger partial charge in [-0.05, 0) is 44.4 Å². The third kappa shape index (κ3) is 4.66. The van der Waals surface area contributed by atoms with Gasteiger partial charge in [0.25, 0.3) is 10.0 Å². The fourth-order valence-corrected chi connectivity index (χ4v) is 4.90. The predicted molar refractivity (Wildman–Crippen MR) is 127 cm³/mol. The molecular weight excluding hydrogens is 442 g/mol. The number of carbonyl (C=O) groups is 1. The number of nitrogens with one attached hydrogen (secondary N) is 2. The van der Waals surface area contributed by atoms with Crippen molar-refractivity contribution in [3.63, 3.8) is 0 Å². The number of aryl methyl sites for hydroxylation is 1. The minimum Gasteiger partial charge on any atom is -0.493 e. The van der Waals surface area contributed by atoms with E-state index in [1.54, 1.807) is 22.9 Å². The maximum atomic E-state index is 12.0. The number of fused-ring (bicyclic) bond motifs is 1. The van der Waals surface area contributed by atoms with E-state index < -0.39 is 16.1 Å². The van der Waals surface area contributed by atoms with Gasteiger partial charge in [0, 0.05) is 17.0 Å². The lowest BCUT2D eigenvalue weighted by Gasteiger charge is -2.25. The highest BCUT2D eigenvalue weighted by molar-refractivity contribution is 7.95. The van der Waals surface area contributed by atoms with Crippen molar-refractivity contribution in [2.24, 2.45) is 5.10 Å². The van der Waals surface area contributed by atoms with Crippen LogP contribution in [0.4, 0.5) is 5.69 Å². The minimum absolute atomic E-state index is 0.300. The number of ether oxygens (including phenoxy) is 1. The molecule has 1 aliphatic carbocycles. The molecule has 1 fully saturated rings. The van der Waals surface area contributed by atoms with E-state index in [1.165, 1.54) is 0 Å². The summed E-state index contributed by atoms with van der Waals surface area (Å²) in [7, 11) is -3.69. The van der Waals surface area contributed by atoms with Gasteiger partial charge in [0.05, 0.1) is 23.6 Å². The first-order valence-corrected chi connectivity index (χ1v) is 12.7. The van der Waals surface area contributed by atoms with Crippen molar-refractivity contribution >= 4 is 27.8 Å². The average molecular weight is 472 g/mol. The molecule has 10 heteroatoms.